The van der Waals surface area contributed by atoms with Crippen molar-refractivity contribution in [2.24, 2.45) is 5.73 Å². The molecular weight excluding hydrogens is 729 g/mol. The van der Waals surface area contributed by atoms with E-state index in [1.807, 2.05) is 12.1 Å². The maximum Gasteiger partial charge on any atom is 0.354 e. The molecule has 5 amide bonds. The predicted molar refractivity (Wildman–Crippen MR) is 215 cm³/mol. The van der Waals surface area contributed by atoms with Gasteiger partial charge < -0.3 is 26.0 Å². The number of nitrogens with two attached hydrogens (primary N) is 1. The van der Waals surface area contributed by atoms with Gasteiger partial charge in [-0.1, -0.05) is 18.6 Å². The van der Waals surface area contributed by atoms with Gasteiger partial charge in [0.2, 0.25) is 0 Å². The number of urea groups is 2. The lowest BCUT2D eigenvalue weighted by atomic mass is 9.93. The van der Waals surface area contributed by atoms with Crippen molar-refractivity contribution in [3.8, 4) is 0 Å². The molecule has 2 aliphatic carbocycles. The summed E-state index contributed by atoms with van der Waals surface area (Å²) in [5.41, 5.74) is 7.33. The van der Waals surface area contributed by atoms with Gasteiger partial charge in [0.1, 0.15) is 17.3 Å². The Morgan fingerprint density at radius 1 is 0.649 bits per heavy atom. The number of amides is 5. The van der Waals surface area contributed by atoms with E-state index in [0.29, 0.717) is 35.0 Å². The maximum atomic E-state index is 13.0. The number of carbonyl (C=O) groups is 4. The van der Waals surface area contributed by atoms with Crippen LogP contribution in [0.1, 0.15) is 72.3 Å². The van der Waals surface area contributed by atoms with Crippen LogP contribution < -0.4 is 41.3 Å². The number of nitrogens with zero attached hydrogens (tertiary/aromatic N) is 8. The zero-order valence-electron chi connectivity index (χ0n) is 31.5. The van der Waals surface area contributed by atoms with Crippen molar-refractivity contribution in [1.82, 2.24) is 25.3 Å². The molecule has 4 aliphatic heterocycles. The molecule has 2 atom stereocenters. The van der Waals surface area contributed by atoms with Gasteiger partial charge in [-0.3, -0.25) is 25.2 Å². The maximum absolute atomic E-state index is 13.0. The summed E-state index contributed by atoms with van der Waals surface area (Å²) in [6, 6.07) is 17.7. The van der Waals surface area contributed by atoms with Crippen molar-refractivity contribution in [3.05, 3.63) is 84.4 Å². The average molecular weight is 775 g/mol. The minimum absolute atomic E-state index is 0.0299. The minimum atomic E-state index is -1.11. The fourth-order valence-corrected chi connectivity index (χ4v) is 7.65. The number of rotatable bonds is 5. The van der Waals surface area contributed by atoms with Gasteiger partial charge in [0.25, 0.3) is 5.91 Å². The highest BCUT2D eigenvalue weighted by Crippen LogP contribution is 2.40. The number of carbonyl (C=O) groups excluding carboxylic acids is 3. The number of carboxylic acids is 1. The Kier molecular flexibility index (Phi) is 10.8. The molecule has 17 heteroatoms. The first-order valence-electron chi connectivity index (χ1n) is 19.6. The van der Waals surface area contributed by atoms with E-state index in [2.05, 4.69) is 45.7 Å². The van der Waals surface area contributed by atoms with E-state index in [-0.39, 0.29) is 41.8 Å². The molecule has 0 spiro atoms. The topological polar surface area (TPSA) is 215 Å². The molecule has 0 aromatic carbocycles. The Labute approximate surface area is 329 Å². The molecule has 2 saturated carbocycles. The van der Waals surface area contributed by atoms with Crippen molar-refractivity contribution in [2.45, 2.75) is 75.5 Å². The van der Waals surface area contributed by atoms with Crippen LogP contribution in [0, 0.1) is 0 Å². The van der Waals surface area contributed by atoms with Crippen molar-refractivity contribution in [3.63, 3.8) is 0 Å². The molecule has 0 unspecified atom stereocenters. The molecule has 4 fully saturated rings. The smallest absolute Gasteiger partial charge is 0.354 e. The lowest BCUT2D eigenvalue weighted by molar-refractivity contribution is 0.0690. The number of nitrogens with one attached hydrogen (secondary N) is 3. The molecule has 57 heavy (non-hydrogen) atoms. The third-order valence-corrected chi connectivity index (χ3v) is 11.2. The monoisotopic (exact) mass is 774 g/mol. The van der Waals surface area contributed by atoms with Gasteiger partial charge in [-0.15, -0.1) is 0 Å². The molecule has 8 heterocycles. The molecule has 6 N–H and O–H groups in total. The molecule has 0 radical (unpaired) electrons. The molecule has 4 bridgehead atoms. The molecule has 296 valence electrons. The lowest BCUT2D eigenvalue weighted by Gasteiger charge is -2.35. The first-order chi connectivity index (χ1) is 27.7. The quantitative estimate of drug-likeness (QED) is 0.187. The average Bonchev–Trinajstić information content (AvgIpc) is 3.81. The van der Waals surface area contributed by atoms with Gasteiger partial charge in [-0.05, 0) is 93.5 Å². The van der Waals surface area contributed by atoms with Crippen molar-refractivity contribution in [1.29, 1.82) is 0 Å². The molecule has 6 aliphatic rings. The van der Waals surface area contributed by atoms with Gasteiger partial charge >= 0.3 is 18.0 Å². The minimum Gasteiger partial charge on any atom is -0.477 e. The van der Waals surface area contributed by atoms with Crippen LogP contribution in [0.15, 0.2) is 73.1 Å². The number of fused-ring (bicyclic) bond motifs is 8. The Hall–Kier alpha value is -6.36. The van der Waals surface area contributed by atoms with Crippen LogP contribution in [-0.4, -0.2) is 99.3 Å². The first-order valence-corrected chi connectivity index (χ1v) is 19.6. The highest BCUT2D eigenvalue weighted by Gasteiger charge is 2.42. The zero-order chi connectivity index (χ0) is 39.5. The second-order valence-corrected chi connectivity index (χ2v) is 15.0. The Bertz CT molecular complexity index is 2120. The summed E-state index contributed by atoms with van der Waals surface area (Å²) in [5.74, 6) is 0.578. The third kappa shape index (κ3) is 8.14. The second-order valence-electron chi connectivity index (χ2n) is 15.0. The van der Waals surface area contributed by atoms with Crippen LogP contribution in [0.5, 0.6) is 0 Å². The number of pyridine rings is 4. The Morgan fingerprint density at radius 2 is 1.14 bits per heavy atom. The summed E-state index contributed by atoms with van der Waals surface area (Å²) < 4.78 is 0. The van der Waals surface area contributed by atoms with Gasteiger partial charge in [-0.25, -0.2) is 34.3 Å². The molecule has 2 saturated heterocycles. The summed E-state index contributed by atoms with van der Waals surface area (Å²) in [6.45, 7) is 3.19. The molecule has 10 rings (SSSR count). The van der Waals surface area contributed by atoms with Crippen molar-refractivity contribution < 1.29 is 24.3 Å². The van der Waals surface area contributed by atoms with Gasteiger partial charge in [0, 0.05) is 50.7 Å². The zero-order valence-corrected chi connectivity index (χ0v) is 31.5. The fourth-order valence-electron chi connectivity index (χ4n) is 7.65. The SMILES string of the molecule is NC1CCC1.O=C(NC1CCC1)c1ccc2c(n1)N(C(=O)Nc1ccccn1)[C@H]1CCN2C1.O=C(O)c1ccc2c(n1)N(C(=O)Nc1ccccn1)[C@H]1CCN2C1. The highest BCUT2D eigenvalue weighted by molar-refractivity contribution is 6.06. The van der Waals surface area contributed by atoms with Crippen molar-refractivity contribution in [2.75, 3.05) is 56.4 Å². The summed E-state index contributed by atoms with van der Waals surface area (Å²) in [5, 5.41) is 17.8. The predicted octanol–water partition coefficient (Wildman–Crippen LogP) is 4.69. The van der Waals surface area contributed by atoms with E-state index >= 15 is 0 Å². The molecule has 4 aromatic heterocycles. The van der Waals surface area contributed by atoms with E-state index in [4.69, 9.17) is 5.73 Å². The van der Waals surface area contributed by atoms with E-state index in [1.54, 1.807) is 64.7 Å². The summed E-state index contributed by atoms with van der Waals surface area (Å²) >= 11 is 0. The van der Waals surface area contributed by atoms with Gasteiger partial charge in [0.05, 0.1) is 23.5 Å². The van der Waals surface area contributed by atoms with Gasteiger partial charge in [0.15, 0.2) is 17.3 Å². The number of aromatic carboxylic acids is 1. The van der Waals surface area contributed by atoms with Crippen molar-refractivity contribution >= 4 is 58.6 Å². The van der Waals surface area contributed by atoms with Crippen LogP contribution >= 0.6 is 0 Å². The summed E-state index contributed by atoms with van der Waals surface area (Å²) in [7, 11) is 0. The summed E-state index contributed by atoms with van der Waals surface area (Å²) in [6.07, 6.45) is 12.0. The van der Waals surface area contributed by atoms with Gasteiger partial charge in [-0.2, -0.15) is 0 Å². The fraction of sp³-hybridized carbons (Fsp3) is 0.400. The van der Waals surface area contributed by atoms with E-state index in [9.17, 15) is 24.3 Å². The Balaban J connectivity index is 0.000000143. The van der Waals surface area contributed by atoms with Crippen LogP contribution in [0.3, 0.4) is 0 Å². The summed E-state index contributed by atoms with van der Waals surface area (Å²) in [4.78, 5) is 74.3. The normalized spacial score (nSPS) is 19.9. The molecule has 4 aromatic rings. The lowest BCUT2D eigenvalue weighted by Crippen LogP contribution is -2.48. The highest BCUT2D eigenvalue weighted by atomic mass is 16.4. The van der Waals surface area contributed by atoms with Crippen LogP contribution in [0.25, 0.3) is 0 Å². The first kappa shape index (κ1) is 37.6. The van der Waals surface area contributed by atoms with Crippen LogP contribution in [0.4, 0.5) is 44.2 Å². The number of carboxylic acid groups (broad SMARTS) is 1. The van der Waals surface area contributed by atoms with Crippen LogP contribution in [0.2, 0.25) is 0 Å². The second kappa shape index (κ2) is 16.4. The molecular formula is C40H46N12O5. The largest absolute Gasteiger partial charge is 0.477 e. The van der Waals surface area contributed by atoms with Crippen LogP contribution in [-0.2, 0) is 0 Å². The standard InChI is InChI=1S/C20H22N6O2.C16H15N5O3.C4H9N/c27-19(22-13-4-3-5-13)15-7-8-16-18(23-15)26(14-9-11-25(16)12-14)20(28)24-17-6-1-2-10-21-17;22-15(23)11-4-5-12-14(18-11)21(10-6-8-20(12)9-10)16(24)19-13-3-1-2-7-17-13;5-4-2-1-3-4/h1-2,6-8,10,13-14H,3-5,9,11-12H2,(H,22,27)(H,21,24,28);1-5,7,10H,6,8-9H2,(H,22,23)(H,17,19,24);4H,1-3,5H2/t14-;10-;/m00./s1. The third-order valence-electron chi connectivity index (χ3n) is 11.2. The Morgan fingerprint density at radius 3 is 1.56 bits per heavy atom. The number of hydrogen-bond acceptors (Lipinski definition) is 11. The number of hydrogen-bond donors (Lipinski definition) is 5. The number of aromatic nitrogens is 4. The van der Waals surface area contributed by atoms with E-state index < -0.39 is 5.97 Å². The van der Waals surface area contributed by atoms with E-state index in [0.717, 1.165) is 69.7 Å². The van der Waals surface area contributed by atoms with E-state index in [1.165, 1.54) is 25.3 Å². The molecule has 17 nitrogen and oxygen atoms in total. The number of anilines is 6.